The number of aryl methyl sites for hydroxylation is 2. The van der Waals surface area contributed by atoms with Gasteiger partial charge in [-0.25, -0.2) is 8.78 Å². The summed E-state index contributed by atoms with van der Waals surface area (Å²) in [4.78, 5) is 39.1. The van der Waals surface area contributed by atoms with Crippen LogP contribution in [0.15, 0.2) is 48.5 Å². The molecule has 10 heteroatoms. The van der Waals surface area contributed by atoms with Gasteiger partial charge in [0.1, 0.15) is 11.8 Å². The van der Waals surface area contributed by atoms with Crippen molar-refractivity contribution in [2.45, 2.75) is 50.8 Å². The second-order valence-corrected chi connectivity index (χ2v) is 9.28. The molecule has 2 aromatic rings. The summed E-state index contributed by atoms with van der Waals surface area (Å²) in [5.74, 6) is -3.17. The Morgan fingerprint density at radius 1 is 1.16 bits per heavy atom. The first kappa shape index (κ1) is 28.6. The number of likely N-dealkylation sites (tertiary alicyclic amines) is 1. The number of halogens is 2. The van der Waals surface area contributed by atoms with Crippen molar-refractivity contribution < 1.29 is 33.0 Å². The highest BCUT2D eigenvalue weighted by molar-refractivity contribution is 5.91. The molecule has 8 nitrogen and oxygen atoms in total. The maximum atomic E-state index is 14.3. The average Bonchev–Trinajstić information content (AvgIpc) is 3.21. The molecule has 0 aliphatic carbocycles. The van der Waals surface area contributed by atoms with Crippen LogP contribution in [-0.2, 0) is 20.8 Å². The maximum Gasteiger partial charge on any atom is 0.267 e. The van der Waals surface area contributed by atoms with E-state index in [1.165, 1.54) is 0 Å². The Kier molecular flexibility index (Phi) is 9.42. The Morgan fingerprint density at radius 3 is 2.45 bits per heavy atom. The van der Waals surface area contributed by atoms with Gasteiger partial charge in [-0.1, -0.05) is 54.5 Å². The predicted molar refractivity (Wildman–Crippen MR) is 136 cm³/mol. The SMILES string of the molecule is C#CCNC(=O)C1CC(F)(F)CN1C(=O)C(O)C(Cc1ccccc1)NC(=O)COc1c(C)cccc1C. The minimum Gasteiger partial charge on any atom is -0.483 e. The topological polar surface area (TPSA) is 108 Å². The summed E-state index contributed by atoms with van der Waals surface area (Å²) < 4.78 is 34.2. The number of nitrogens with zero attached hydrogens (tertiary/aromatic N) is 1. The van der Waals surface area contributed by atoms with Crippen LogP contribution >= 0.6 is 0 Å². The summed E-state index contributed by atoms with van der Waals surface area (Å²) in [7, 11) is 0. The molecule has 0 bridgehead atoms. The Morgan fingerprint density at radius 2 is 1.82 bits per heavy atom. The van der Waals surface area contributed by atoms with E-state index in [1.54, 1.807) is 30.3 Å². The van der Waals surface area contributed by atoms with Crippen molar-refractivity contribution in [2.75, 3.05) is 19.7 Å². The van der Waals surface area contributed by atoms with Crippen molar-refractivity contribution in [3.8, 4) is 18.1 Å². The van der Waals surface area contributed by atoms with E-state index in [4.69, 9.17) is 11.2 Å². The van der Waals surface area contributed by atoms with E-state index >= 15 is 0 Å². The smallest absolute Gasteiger partial charge is 0.267 e. The third-order valence-corrected chi connectivity index (χ3v) is 6.26. The molecule has 1 aliphatic rings. The lowest BCUT2D eigenvalue weighted by Crippen LogP contribution is -2.56. The highest BCUT2D eigenvalue weighted by Gasteiger charge is 2.51. The Hall–Kier alpha value is -3.97. The molecule has 3 N–H and O–H groups in total. The molecule has 1 saturated heterocycles. The lowest BCUT2D eigenvalue weighted by atomic mass is 9.99. The number of hydrogen-bond donors (Lipinski definition) is 3. The van der Waals surface area contributed by atoms with Gasteiger partial charge in [0.05, 0.1) is 19.1 Å². The average molecular weight is 528 g/mol. The number of terminal acetylenes is 1. The summed E-state index contributed by atoms with van der Waals surface area (Å²) in [6, 6.07) is 11.6. The summed E-state index contributed by atoms with van der Waals surface area (Å²) in [6.07, 6.45) is 2.35. The fraction of sp³-hybridized carbons (Fsp3) is 0.393. The number of carbonyl (C=O) groups excluding carboxylic acids is 3. The minimum absolute atomic E-state index is 0.0288. The van der Waals surface area contributed by atoms with Gasteiger partial charge in [-0.05, 0) is 37.0 Å². The van der Waals surface area contributed by atoms with Gasteiger partial charge in [0.15, 0.2) is 12.7 Å². The molecular formula is C28H31F2N3O5. The van der Waals surface area contributed by atoms with Crippen LogP contribution in [0, 0.1) is 26.2 Å². The van der Waals surface area contributed by atoms with Gasteiger partial charge < -0.3 is 25.4 Å². The van der Waals surface area contributed by atoms with Crippen LogP contribution in [0.3, 0.4) is 0 Å². The van der Waals surface area contributed by atoms with E-state index in [0.717, 1.165) is 11.1 Å². The highest BCUT2D eigenvalue weighted by Crippen LogP contribution is 2.33. The molecule has 3 rings (SSSR count). The number of para-hydroxylation sites is 1. The summed E-state index contributed by atoms with van der Waals surface area (Å²) in [5.41, 5.74) is 2.35. The van der Waals surface area contributed by atoms with Gasteiger partial charge in [-0.3, -0.25) is 14.4 Å². The molecule has 2 aromatic carbocycles. The second kappa shape index (κ2) is 12.5. The molecule has 0 radical (unpaired) electrons. The van der Waals surface area contributed by atoms with Crippen LogP contribution < -0.4 is 15.4 Å². The number of alkyl halides is 2. The zero-order valence-corrected chi connectivity index (χ0v) is 21.2. The summed E-state index contributed by atoms with van der Waals surface area (Å²) >= 11 is 0. The monoisotopic (exact) mass is 527 g/mol. The minimum atomic E-state index is -3.33. The van der Waals surface area contributed by atoms with Crippen LogP contribution in [-0.4, -0.2) is 71.5 Å². The first-order valence-corrected chi connectivity index (χ1v) is 12.1. The van der Waals surface area contributed by atoms with Crippen LogP contribution in [0.1, 0.15) is 23.1 Å². The first-order valence-electron chi connectivity index (χ1n) is 12.1. The number of rotatable bonds is 10. The quantitative estimate of drug-likeness (QED) is 0.408. The van der Waals surface area contributed by atoms with E-state index in [1.807, 2.05) is 32.0 Å². The molecule has 3 atom stereocenters. The number of benzene rings is 2. The van der Waals surface area contributed by atoms with E-state index < -0.39 is 61.4 Å². The number of aliphatic hydroxyl groups is 1. The van der Waals surface area contributed by atoms with Gasteiger partial charge >= 0.3 is 0 Å². The van der Waals surface area contributed by atoms with Gasteiger partial charge in [0.2, 0.25) is 5.91 Å². The number of amides is 3. The number of ether oxygens (including phenoxy) is 1. The molecule has 0 aromatic heterocycles. The molecule has 0 spiro atoms. The first-order chi connectivity index (χ1) is 18.0. The van der Waals surface area contributed by atoms with E-state index in [0.29, 0.717) is 16.2 Å². The molecule has 3 amide bonds. The van der Waals surface area contributed by atoms with Crippen LogP contribution in [0.4, 0.5) is 8.78 Å². The molecule has 202 valence electrons. The van der Waals surface area contributed by atoms with Gasteiger partial charge in [0.25, 0.3) is 17.7 Å². The second-order valence-electron chi connectivity index (χ2n) is 9.28. The summed E-state index contributed by atoms with van der Waals surface area (Å²) in [6.45, 7) is 2.04. The van der Waals surface area contributed by atoms with E-state index in [2.05, 4.69) is 16.6 Å². The number of aliphatic hydroxyl groups excluding tert-OH is 1. The predicted octanol–water partition coefficient (Wildman–Crippen LogP) is 1.76. The van der Waals surface area contributed by atoms with Crippen molar-refractivity contribution >= 4 is 17.7 Å². The fourth-order valence-electron chi connectivity index (χ4n) is 4.40. The standard InChI is InChI=1S/C28H31F2N3O5/c1-4-13-31-26(36)22-15-28(29,30)17-33(22)27(37)24(35)21(14-20-11-6-5-7-12-20)32-23(34)16-38-25-18(2)9-8-10-19(25)3/h1,5-12,21-22,24,35H,13-17H2,2-3H3,(H,31,36)(H,32,34). The largest absolute Gasteiger partial charge is 0.483 e. The number of nitrogens with one attached hydrogen (secondary N) is 2. The lowest BCUT2D eigenvalue weighted by molar-refractivity contribution is -0.147. The molecule has 1 aliphatic heterocycles. The zero-order valence-electron chi connectivity index (χ0n) is 21.2. The van der Waals surface area contributed by atoms with Crippen LogP contribution in [0.25, 0.3) is 0 Å². The molecule has 0 saturated carbocycles. The third kappa shape index (κ3) is 7.29. The van der Waals surface area contributed by atoms with Crippen LogP contribution in [0.5, 0.6) is 5.75 Å². The molecular weight excluding hydrogens is 496 g/mol. The number of hydrogen-bond acceptors (Lipinski definition) is 5. The Bertz CT molecular complexity index is 1180. The Labute approximate surface area is 220 Å². The fourth-order valence-corrected chi connectivity index (χ4v) is 4.40. The van der Waals surface area contributed by atoms with E-state index in [9.17, 15) is 28.3 Å². The molecule has 1 heterocycles. The zero-order chi connectivity index (χ0) is 27.9. The van der Waals surface area contributed by atoms with E-state index in [-0.39, 0.29) is 13.0 Å². The maximum absolute atomic E-state index is 14.3. The van der Waals surface area contributed by atoms with Gasteiger partial charge in [-0.15, -0.1) is 6.42 Å². The van der Waals surface area contributed by atoms with Crippen molar-refractivity contribution in [3.63, 3.8) is 0 Å². The summed E-state index contributed by atoms with van der Waals surface area (Å²) in [5, 5.41) is 15.9. The normalized spacial score (nSPS) is 17.7. The molecule has 3 unspecified atom stereocenters. The third-order valence-electron chi connectivity index (χ3n) is 6.26. The molecule has 38 heavy (non-hydrogen) atoms. The van der Waals surface area contributed by atoms with Crippen LogP contribution in [0.2, 0.25) is 0 Å². The lowest BCUT2D eigenvalue weighted by Gasteiger charge is -2.30. The van der Waals surface area contributed by atoms with Crippen molar-refractivity contribution in [2.24, 2.45) is 0 Å². The Balaban J connectivity index is 1.78. The number of carbonyl (C=O) groups is 3. The van der Waals surface area contributed by atoms with Gasteiger partial charge in [0, 0.05) is 6.42 Å². The van der Waals surface area contributed by atoms with Crippen molar-refractivity contribution in [3.05, 3.63) is 65.2 Å². The van der Waals surface area contributed by atoms with Crippen molar-refractivity contribution in [1.29, 1.82) is 0 Å². The molecule has 1 fully saturated rings. The van der Waals surface area contributed by atoms with Crippen molar-refractivity contribution in [1.82, 2.24) is 15.5 Å². The highest BCUT2D eigenvalue weighted by atomic mass is 19.3. The van der Waals surface area contributed by atoms with Gasteiger partial charge in [-0.2, -0.15) is 0 Å².